The lowest BCUT2D eigenvalue weighted by atomic mass is 10.2. The van der Waals surface area contributed by atoms with Gasteiger partial charge in [-0.25, -0.2) is 9.37 Å². The Kier molecular flexibility index (Phi) is 4.57. The molecule has 2 aromatic rings. The number of hydrogen-bond acceptors (Lipinski definition) is 4. The highest BCUT2D eigenvalue weighted by Gasteiger charge is 2.11. The van der Waals surface area contributed by atoms with Crippen molar-refractivity contribution in [3.63, 3.8) is 0 Å². The maximum atomic E-state index is 12.7. The number of aryl methyl sites for hydroxylation is 1. The summed E-state index contributed by atoms with van der Waals surface area (Å²) < 4.78 is 12.7. The van der Waals surface area contributed by atoms with Crippen molar-refractivity contribution in [3.05, 3.63) is 69.7 Å². The normalized spacial score (nSPS) is 10.6. The molecule has 0 bridgehead atoms. The molecule has 1 heterocycles. The minimum absolute atomic E-state index is 0.111. The zero-order valence-corrected chi connectivity index (χ0v) is 11.6. The number of rotatable bonds is 4. The van der Waals surface area contributed by atoms with Gasteiger partial charge in [-0.15, -0.1) is 0 Å². The summed E-state index contributed by atoms with van der Waals surface area (Å²) >= 11 is 0. The third-order valence-electron chi connectivity index (χ3n) is 2.83. The van der Waals surface area contributed by atoms with E-state index in [1.807, 2.05) is 0 Å². The highest BCUT2D eigenvalue weighted by molar-refractivity contribution is 6.01. The third kappa shape index (κ3) is 3.95. The fourth-order valence-electron chi connectivity index (χ4n) is 1.72. The molecular formula is C15H12FN3O3. The van der Waals surface area contributed by atoms with Gasteiger partial charge in [-0.1, -0.05) is 12.1 Å². The Morgan fingerprint density at radius 1 is 1.36 bits per heavy atom. The zero-order valence-electron chi connectivity index (χ0n) is 11.6. The highest BCUT2D eigenvalue weighted by Crippen LogP contribution is 2.18. The molecule has 7 heteroatoms. The number of carbonyl (C=O) groups excluding carboxylic acids is 1. The molecule has 0 saturated heterocycles. The largest absolute Gasteiger partial charge is 0.307 e. The summed E-state index contributed by atoms with van der Waals surface area (Å²) in [7, 11) is 0. The van der Waals surface area contributed by atoms with E-state index in [0.717, 1.165) is 6.20 Å². The molecule has 2 rings (SSSR count). The second-order valence-electron chi connectivity index (χ2n) is 4.49. The average molecular weight is 301 g/mol. The van der Waals surface area contributed by atoms with Gasteiger partial charge in [-0.2, -0.15) is 0 Å². The first-order chi connectivity index (χ1) is 10.5. The van der Waals surface area contributed by atoms with E-state index in [1.54, 1.807) is 6.92 Å². The van der Waals surface area contributed by atoms with Gasteiger partial charge in [0.2, 0.25) is 5.91 Å². The van der Waals surface area contributed by atoms with Crippen molar-refractivity contribution >= 4 is 23.5 Å². The molecule has 112 valence electrons. The Hall–Kier alpha value is -3.09. The second kappa shape index (κ2) is 6.57. The van der Waals surface area contributed by atoms with Crippen LogP contribution >= 0.6 is 0 Å². The highest BCUT2D eigenvalue weighted by atomic mass is 19.1. The molecule has 1 amide bonds. The molecule has 0 radical (unpaired) electrons. The molecule has 0 saturated carbocycles. The van der Waals surface area contributed by atoms with Gasteiger partial charge in [0.15, 0.2) is 0 Å². The van der Waals surface area contributed by atoms with Gasteiger partial charge in [-0.3, -0.25) is 14.9 Å². The number of pyridine rings is 1. The van der Waals surface area contributed by atoms with Gasteiger partial charge in [0.25, 0.3) is 5.69 Å². The number of aromatic nitrogens is 1. The maximum absolute atomic E-state index is 12.7. The molecule has 1 aromatic carbocycles. The van der Waals surface area contributed by atoms with Crippen LogP contribution in [0.2, 0.25) is 0 Å². The van der Waals surface area contributed by atoms with Crippen molar-refractivity contribution in [3.8, 4) is 0 Å². The summed E-state index contributed by atoms with van der Waals surface area (Å²) in [5, 5.41) is 13.2. The number of nitrogens with one attached hydrogen (secondary N) is 1. The quantitative estimate of drug-likeness (QED) is 0.534. The van der Waals surface area contributed by atoms with Crippen LogP contribution in [0.5, 0.6) is 0 Å². The monoisotopic (exact) mass is 301 g/mol. The lowest BCUT2D eigenvalue weighted by molar-refractivity contribution is -0.385. The minimum Gasteiger partial charge on any atom is -0.307 e. The number of carbonyl (C=O) groups is 1. The zero-order chi connectivity index (χ0) is 16.1. The van der Waals surface area contributed by atoms with Crippen LogP contribution in [0.25, 0.3) is 6.08 Å². The molecule has 0 aliphatic carbocycles. The molecule has 0 atom stereocenters. The molecule has 0 aliphatic heterocycles. The van der Waals surface area contributed by atoms with E-state index >= 15 is 0 Å². The SMILES string of the molecule is Cc1cc(NC(=O)/C=C/c2ccc(F)cc2)ncc1[N+](=O)[O-]. The topological polar surface area (TPSA) is 85.1 Å². The van der Waals surface area contributed by atoms with Crippen LogP contribution < -0.4 is 5.32 Å². The number of hydrogen-bond donors (Lipinski definition) is 1. The van der Waals surface area contributed by atoms with Gasteiger partial charge < -0.3 is 5.32 Å². The van der Waals surface area contributed by atoms with Gasteiger partial charge in [0.1, 0.15) is 17.8 Å². The Bertz CT molecular complexity index is 742. The first-order valence-corrected chi connectivity index (χ1v) is 6.31. The summed E-state index contributed by atoms with van der Waals surface area (Å²) in [6, 6.07) is 7.07. The second-order valence-corrected chi connectivity index (χ2v) is 4.49. The number of nitrogens with zero attached hydrogens (tertiary/aromatic N) is 2. The van der Waals surface area contributed by atoms with Gasteiger partial charge in [0, 0.05) is 11.6 Å². The van der Waals surface area contributed by atoms with Crippen LogP contribution in [0.3, 0.4) is 0 Å². The predicted molar refractivity (Wildman–Crippen MR) is 79.7 cm³/mol. The third-order valence-corrected chi connectivity index (χ3v) is 2.83. The van der Waals surface area contributed by atoms with Crippen molar-refractivity contribution in [1.29, 1.82) is 0 Å². The van der Waals surface area contributed by atoms with Crippen molar-refractivity contribution in [2.24, 2.45) is 0 Å². The predicted octanol–water partition coefficient (Wildman–Crippen LogP) is 3.09. The molecule has 0 fully saturated rings. The lowest BCUT2D eigenvalue weighted by Gasteiger charge is -2.02. The van der Waals surface area contributed by atoms with Crippen LogP contribution in [-0.2, 0) is 4.79 Å². The molecule has 22 heavy (non-hydrogen) atoms. The van der Waals surface area contributed by atoms with E-state index in [0.29, 0.717) is 11.1 Å². The van der Waals surface area contributed by atoms with E-state index in [4.69, 9.17) is 0 Å². The van der Waals surface area contributed by atoms with E-state index in [1.165, 1.54) is 42.5 Å². The van der Waals surface area contributed by atoms with Crippen LogP contribution in [0.4, 0.5) is 15.9 Å². The molecule has 0 aliphatic rings. The maximum Gasteiger partial charge on any atom is 0.290 e. The fourth-order valence-corrected chi connectivity index (χ4v) is 1.72. The Balaban J connectivity index is 2.04. The minimum atomic E-state index is -0.539. The molecule has 1 aromatic heterocycles. The van der Waals surface area contributed by atoms with E-state index < -0.39 is 10.8 Å². The Morgan fingerprint density at radius 2 is 2.05 bits per heavy atom. The van der Waals surface area contributed by atoms with Crippen LogP contribution in [-0.4, -0.2) is 15.8 Å². The molecule has 0 spiro atoms. The van der Waals surface area contributed by atoms with Gasteiger partial charge in [-0.05, 0) is 36.8 Å². The van der Waals surface area contributed by atoms with Crippen LogP contribution in [0.1, 0.15) is 11.1 Å². The first kappa shape index (κ1) is 15.3. The molecule has 6 nitrogen and oxygen atoms in total. The molecule has 0 unspecified atom stereocenters. The van der Waals surface area contributed by atoms with Crippen LogP contribution in [0.15, 0.2) is 42.6 Å². The van der Waals surface area contributed by atoms with Crippen molar-refractivity contribution in [2.45, 2.75) is 6.92 Å². The summed E-state index contributed by atoms with van der Waals surface area (Å²) in [5.74, 6) is -0.575. The van der Waals surface area contributed by atoms with Crippen molar-refractivity contribution in [1.82, 2.24) is 4.98 Å². The number of halogens is 1. The van der Waals surface area contributed by atoms with Gasteiger partial charge >= 0.3 is 0 Å². The van der Waals surface area contributed by atoms with Crippen molar-refractivity contribution < 1.29 is 14.1 Å². The Morgan fingerprint density at radius 3 is 2.64 bits per heavy atom. The number of amides is 1. The number of anilines is 1. The summed E-state index contributed by atoms with van der Waals surface area (Å²) in [5.41, 5.74) is 0.960. The van der Waals surface area contributed by atoms with Crippen LogP contribution in [0, 0.1) is 22.9 Å². The summed E-state index contributed by atoms with van der Waals surface area (Å²) in [6.45, 7) is 1.56. The first-order valence-electron chi connectivity index (χ1n) is 6.31. The van der Waals surface area contributed by atoms with E-state index in [-0.39, 0.29) is 17.3 Å². The smallest absolute Gasteiger partial charge is 0.290 e. The van der Waals surface area contributed by atoms with Gasteiger partial charge in [0.05, 0.1) is 4.92 Å². The molecular weight excluding hydrogens is 289 g/mol. The average Bonchev–Trinajstić information content (AvgIpc) is 2.46. The Labute approximate surface area is 125 Å². The summed E-state index contributed by atoms with van der Waals surface area (Å²) in [4.78, 5) is 25.7. The standard InChI is InChI=1S/C15H12FN3O3/c1-10-8-14(17-9-13(10)19(21)22)18-15(20)7-4-11-2-5-12(16)6-3-11/h2-9H,1H3,(H,17,18,20)/b7-4+. The van der Waals surface area contributed by atoms with E-state index in [2.05, 4.69) is 10.3 Å². The number of benzene rings is 1. The molecule has 1 N–H and O–H groups in total. The number of nitro groups is 1. The lowest BCUT2D eigenvalue weighted by Crippen LogP contribution is -2.09. The van der Waals surface area contributed by atoms with E-state index in [9.17, 15) is 19.3 Å². The summed E-state index contributed by atoms with van der Waals surface area (Å²) in [6.07, 6.45) is 3.88. The fraction of sp³-hybridized carbons (Fsp3) is 0.0667. The van der Waals surface area contributed by atoms with Crippen molar-refractivity contribution in [2.75, 3.05) is 5.32 Å².